The van der Waals surface area contributed by atoms with Gasteiger partial charge in [0.15, 0.2) is 5.96 Å². The molecular formula is C19H24ClN5O. The van der Waals surface area contributed by atoms with Crippen molar-refractivity contribution in [2.45, 2.75) is 38.6 Å². The zero-order chi connectivity index (χ0) is 18.0. The summed E-state index contributed by atoms with van der Waals surface area (Å²) in [5.41, 5.74) is 1.36. The molecule has 4 rings (SSSR count). The molecule has 0 radical (unpaired) electrons. The number of hydrogen-bond acceptors (Lipinski definition) is 4. The van der Waals surface area contributed by atoms with E-state index in [9.17, 15) is 0 Å². The molecule has 1 spiro atoms. The molecule has 0 amide bonds. The molecule has 2 heterocycles. The fraction of sp³-hybridized carbons (Fsp3) is 0.526. The summed E-state index contributed by atoms with van der Waals surface area (Å²) >= 11 is 6.03. The third kappa shape index (κ3) is 3.56. The van der Waals surface area contributed by atoms with Crippen LogP contribution in [0.4, 0.5) is 0 Å². The summed E-state index contributed by atoms with van der Waals surface area (Å²) in [6, 6.07) is 7.44. The molecule has 0 atom stereocenters. The Morgan fingerprint density at radius 2 is 2.19 bits per heavy atom. The van der Waals surface area contributed by atoms with Crippen LogP contribution in [0.15, 0.2) is 33.8 Å². The fourth-order valence-corrected chi connectivity index (χ4v) is 4.40. The van der Waals surface area contributed by atoms with Gasteiger partial charge in [0.25, 0.3) is 0 Å². The summed E-state index contributed by atoms with van der Waals surface area (Å²) in [7, 11) is 1.83. The number of nitrogens with one attached hydrogen (secondary N) is 1. The molecule has 138 valence electrons. The molecule has 2 aliphatic rings. The van der Waals surface area contributed by atoms with Gasteiger partial charge in [-0.2, -0.15) is 4.98 Å². The average Bonchev–Trinajstić information content (AvgIpc) is 3.39. The number of nitrogens with zero attached hydrogens (tertiary/aromatic N) is 4. The first kappa shape index (κ1) is 17.3. The van der Waals surface area contributed by atoms with Crippen LogP contribution in [0.25, 0.3) is 11.4 Å². The largest absolute Gasteiger partial charge is 0.347 e. The molecule has 7 heteroatoms. The van der Waals surface area contributed by atoms with Gasteiger partial charge in [0, 0.05) is 30.7 Å². The molecule has 0 unspecified atom stereocenters. The first-order valence-electron chi connectivity index (χ1n) is 9.22. The van der Waals surface area contributed by atoms with Crippen molar-refractivity contribution in [1.82, 2.24) is 20.4 Å². The first-order chi connectivity index (χ1) is 12.7. The van der Waals surface area contributed by atoms with E-state index in [1.807, 2.05) is 31.3 Å². The van der Waals surface area contributed by atoms with E-state index in [1.165, 1.54) is 32.1 Å². The molecule has 1 N–H and O–H groups in total. The van der Waals surface area contributed by atoms with Gasteiger partial charge in [0.2, 0.25) is 11.7 Å². The summed E-state index contributed by atoms with van der Waals surface area (Å²) < 4.78 is 5.37. The van der Waals surface area contributed by atoms with Crippen molar-refractivity contribution >= 4 is 17.6 Å². The topological polar surface area (TPSA) is 66.5 Å². The molecule has 1 aliphatic heterocycles. The van der Waals surface area contributed by atoms with Crippen molar-refractivity contribution < 1.29 is 4.52 Å². The predicted octanol–water partition coefficient (Wildman–Crippen LogP) is 3.73. The molecule has 1 aromatic heterocycles. The van der Waals surface area contributed by atoms with E-state index < -0.39 is 0 Å². The van der Waals surface area contributed by atoms with Crippen LogP contribution in [0, 0.1) is 5.41 Å². The monoisotopic (exact) mass is 373 g/mol. The maximum absolute atomic E-state index is 6.03. The second-order valence-electron chi connectivity index (χ2n) is 7.30. The van der Waals surface area contributed by atoms with E-state index >= 15 is 0 Å². The van der Waals surface area contributed by atoms with Gasteiger partial charge in [0.1, 0.15) is 0 Å². The zero-order valence-electron chi connectivity index (χ0n) is 15.0. The zero-order valence-corrected chi connectivity index (χ0v) is 15.8. The van der Waals surface area contributed by atoms with Crippen LogP contribution in [-0.4, -0.2) is 41.1 Å². The highest BCUT2D eigenvalue weighted by molar-refractivity contribution is 6.30. The highest BCUT2D eigenvalue weighted by Gasteiger charge is 2.41. The smallest absolute Gasteiger partial charge is 0.246 e. The highest BCUT2D eigenvalue weighted by atomic mass is 35.5. The molecule has 1 saturated heterocycles. The molecule has 6 nitrogen and oxygen atoms in total. The Morgan fingerprint density at radius 3 is 2.96 bits per heavy atom. The number of halogens is 1. The fourth-order valence-electron chi connectivity index (χ4n) is 4.21. The van der Waals surface area contributed by atoms with Crippen LogP contribution in [-0.2, 0) is 6.54 Å². The van der Waals surface area contributed by atoms with Crippen molar-refractivity contribution in [3.63, 3.8) is 0 Å². The quantitative estimate of drug-likeness (QED) is 0.655. The summed E-state index contributed by atoms with van der Waals surface area (Å²) in [5, 5.41) is 8.07. The van der Waals surface area contributed by atoms with Crippen LogP contribution >= 0.6 is 11.6 Å². The van der Waals surface area contributed by atoms with E-state index in [0.717, 1.165) is 24.6 Å². The average molecular weight is 374 g/mol. The van der Waals surface area contributed by atoms with Gasteiger partial charge in [0.05, 0.1) is 6.54 Å². The Labute approximate surface area is 158 Å². The van der Waals surface area contributed by atoms with Gasteiger partial charge >= 0.3 is 0 Å². The third-order valence-electron chi connectivity index (χ3n) is 5.56. The van der Waals surface area contributed by atoms with E-state index in [-0.39, 0.29) is 0 Å². The van der Waals surface area contributed by atoms with Gasteiger partial charge in [-0.25, -0.2) is 0 Å². The van der Waals surface area contributed by atoms with Crippen molar-refractivity contribution in [2.75, 3.05) is 20.1 Å². The lowest BCUT2D eigenvalue weighted by atomic mass is 9.86. The molecular weight excluding hydrogens is 350 g/mol. The summed E-state index contributed by atoms with van der Waals surface area (Å²) in [6.45, 7) is 2.63. The van der Waals surface area contributed by atoms with Crippen LogP contribution in [0.5, 0.6) is 0 Å². The maximum atomic E-state index is 6.03. The minimum atomic E-state index is 0.462. The lowest BCUT2D eigenvalue weighted by Gasteiger charge is -2.25. The summed E-state index contributed by atoms with van der Waals surface area (Å²) in [5.74, 6) is 2.00. The highest BCUT2D eigenvalue weighted by Crippen LogP contribution is 2.45. The minimum absolute atomic E-state index is 0.462. The summed E-state index contributed by atoms with van der Waals surface area (Å²) in [4.78, 5) is 11.3. The number of hydrogen-bond donors (Lipinski definition) is 1. The van der Waals surface area contributed by atoms with Gasteiger partial charge in [-0.1, -0.05) is 41.7 Å². The normalized spacial score (nSPS) is 19.5. The third-order valence-corrected chi connectivity index (χ3v) is 5.80. The SMILES string of the molecule is CN=C(NCc1nc(-c2cccc(Cl)c2)no1)N1CCC2(CCCC2)C1. The van der Waals surface area contributed by atoms with Crippen molar-refractivity contribution in [3.05, 3.63) is 35.2 Å². The van der Waals surface area contributed by atoms with E-state index in [4.69, 9.17) is 16.1 Å². The van der Waals surface area contributed by atoms with E-state index in [0.29, 0.717) is 28.7 Å². The summed E-state index contributed by atoms with van der Waals surface area (Å²) in [6.07, 6.45) is 6.72. The maximum Gasteiger partial charge on any atom is 0.246 e. The Bertz CT molecular complexity index is 797. The van der Waals surface area contributed by atoms with Crippen molar-refractivity contribution in [2.24, 2.45) is 10.4 Å². The van der Waals surface area contributed by atoms with Crippen molar-refractivity contribution in [3.8, 4) is 11.4 Å². The Kier molecular flexibility index (Phi) is 4.85. The number of guanidine groups is 1. The number of benzene rings is 1. The van der Waals surface area contributed by atoms with Crippen LogP contribution in [0.2, 0.25) is 5.02 Å². The molecule has 0 bridgehead atoms. The molecule has 2 fully saturated rings. The molecule has 1 aliphatic carbocycles. The van der Waals surface area contributed by atoms with Gasteiger partial charge in [-0.15, -0.1) is 0 Å². The number of aromatic nitrogens is 2. The predicted molar refractivity (Wildman–Crippen MR) is 102 cm³/mol. The van der Waals surface area contributed by atoms with Crippen LogP contribution in [0.1, 0.15) is 38.0 Å². The van der Waals surface area contributed by atoms with E-state index in [1.54, 1.807) is 0 Å². The van der Waals surface area contributed by atoms with E-state index in [2.05, 4.69) is 25.3 Å². The number of rotatable bonds is 3. The van der Waals surface area contributed by atoms with Gasteiger partial charge < -0.3 is 14.7 Å². The lowest BCUT2D eigenvalue weighted by molar-refractivity contribution is 0.308. The Hall–Kier alpha value is -2.08. The lowest BCUT2D eigenvalue weighted by Crippen LogP contribution is -2.40. The number of likely N-dealkylation sites (tertiary alicyclic amines) is 1. The van der Waals surface area contributed by atoms with Crippen LogP contribution < -0.4 is 5.32 Å². The number of aliphatic imine (C=N–C) groups is 1. The molecule has 26 heavy (non-hydrogen) atoms. The Morgan fingerprint density at radius 1 is 1.35 bits per heavy atom. The second kappa shape index (κ2) is 7.27. The van der Waals surface area contributed by atoms with Gasteiger partial charge in [-0.3, -0.25) is 4.99 Å². The van der Waals surface area contributed by atoms with Crippen LogP contribution in [0.3, 0.4) is 0 Å². The molecule has 1 saturated carbocycles. The van der Waals surface area contributed by atoms with Crippen molar-refractivity contribution in [1.29, 1.82) is 0 Å². The molecule has 2 aromatic rings. The Balaban J connectivity index is 1.37. The minimum Gasteiger partial charge on any atom is -0.347 e. The standard InChI is InChI=1S/C19H24ClN5O/c1-21-18(25-10-9-19(13-25)7-2-3-8-19)22-12-16-23-17(24-26-16)14-5-4-6-15(20)11-14/h4-6,11H,2-3,7-10,12-13H2,1H3,(H,21,22). The second-order valence-corrected chi connectivity index (χ2v) is 7.74. The van der Waals surface area contributed by atoms with Gasteiger partial charge in [-0.05, 0) is 36.8 Å². The first-order valence-corrected chi connectivity index (χ1v) is 9.59. The molecule has 1 aromatic carbocycles.